The Morgan fingerprint density at radius 2 is 2.29 bits per heavy atom. The first-order chi connectivity index (χ1) is 6.74. The Morgan fingerprint density at radius 1 is 1.57 bits per heavy atom. The van der Waals surface area contributed by atoms with Crippen molar-refractivity contribution in [3.05, 3.63) is 42.5 Å². The molecule has 0 aliphatic rings. The number of benzene rings is 1. The molecule has 0 amide bonds. The van der Waals surface area contributed by atoms with E-state index in [1.54, 1.807) is 0 Å². The van der Waals surface area contributed by atoms with E-state index in [9.17, 15) is 4.79 Å². The zero-order valence-corrected chi connectivity index (χ0v) is 9.74. The molecule has 0 aliphatic heterocycles. The lowest BCUT2D eigenvalue weighted by Crippen LogP contribution is -2.23. The van der Waals surface area contributed by atoms with Crippen LogP contribution in [-0.4, -0.2) is 15.7 Å². The Kier molecular flexibility index (Phi) is 4.13. The molecule has 1 aromatic rings. The molecule has 0 aromatic heterocycles. The Bertz CT molecular complexity index is 334. The summed E-state index contributed by atoms with van der Waals surface area (Å²) < 4.78 is 5.08. The quantitative estimate of drug-likeness (QED) is 0.535. The van der Waals surface area contributed by atoms with Crippen molar-refractivity contribution in [2.45, 2.75) is 13.3 Å². The van der Waals surface area contributed by atoms with Crippen molar-refractivity contribution in [1.82, 2.24) is 0 Å². The first kappa shape index (κ1) is 10.7. The SMILES string of the molecule is C=CCc1ccccc1[SiH2]OC(C)=O. The van der Waals surface area contributed by atoms with Gasteiger partial charge in [0.15, 0.2) is 0 Å². The van der Waals surface area contributed by atoms with Crippen LogP contribution in [0.4, 0.5) is 0 Å². The van der Waals surface area contributed by atoms with Crippen molar-refractivity contribution in [3.63, 3.8) is 0 Å². The molecule has 14 heavy (non-hydrogen) atoms. The fourth-order valence-electron chi connectivity index (χ4n) is 1.23. The van der Waals surface area contributed by atoms with Crippen LogP contribution in [0.15, 0.2) is 36.9 Å². The maximum atomic E-state index is 10.7. The minimum Gasteiger partial charge on any atom is -0.521 e. The molecule has 1 aromatic carbocycles. The van der Waals surface area contributed by atoms with E-state index in [1.165, 1.54) is 17.7 Å². The van der Waals surface area contributed by atoms with Gasteiger partial charge in [0.1, 0.15) is 0 Å². The topological polar surface area (TPSA) is 26.3 Å². The number of hydrogen-bond donors (Lipinski definition) is 0. The molecule has 0 aliphatic carbocycles. The van der Waals surface area contributed by atoms with Crippen LogP contribution < -0.4 is 5.19 Å². The van der Waals surface area contributed by atoms with Gasteiger partial charge < -0.3 is 4.43 Å². The zero-order chi connectivity index (χ0) is 10.4. The Balaban J connectivity index is 2.73. The second kappa shape index (κ2) is 5.39. The first-order valence-electron chi connectivity index (χ1n) is 4.55. The van der Waals surface area contributed by atoms with Gasteiger partial charge in [-0.2, -0.15) is 0 Å². The first-order valence-corrected chi connectivity index (χ1v) is 5.83. The van der Waals surface area contributed by atoms with E-state index >= 15 is 0 Å². The van der Waals surface area contributed by atoms with Crippen molar-refractivity contribution >= 4 is 20.9 Å². The lowest BCUT2D eigenvalue weighted by molar-refractivity contribution is -0.131. The molecule has 74 valence electrons. The number of allylic oxidation sites excluding steroid dienone is 1. The van der Waals surface area contributed by atoms with Crippen LogP contribution in [0.1, 0.15) is 12.5 Å². The molecule has 0 saturated carbocycles. The predicted molar refractivity (Wildman–Crippen MR) is 60.3 cm³/mol. The highest BCUT2D eigenvalue weighted by atomic mass is 28.2. The third-order valence-corrected chi connectivity index (χ3v) is 3.47. The van der Waals surface area contributed by atoms with Gasteiger partial charge in [0.05, 0.1) is 0 Å². The van der Waals surface area contributed by atoms with Gasteiger partial charge in [0.2, 0.25) is 0 Å². The molecule has 0 saturated heterocycles. The summed E-state index contributed by atoms with van der Waals surface area (Å²) in [6.07, 6.45) is 2.70. The maximum absolute atomic E-state index is 10.7. The normalized spacial score (nSPS) is 10.4. The highest BCUT2D eigenvalue weighted by Crippen LogP contribution is 1.97. The highest BCUT2D eigenvalue weighted by Gasteiger charge is 2.02. The van der Waals surface area contributed by atoms with Gasteiger partial charge in [-0.25, -0.2) is 0 Å². The van der Waals surface area contributed by atoms with Crippen LogP contribution in [0.3, 0.4) is 0 Å². The van der Waals surface area contributed by atoms with Gasteiger partial charge in [-0.3, -0.25) is 4.79 Å². The summed E-state index contributed by atoms with van der Waals surface area (Å²) in [4.78, 5) is 10.7. The molecule has 0 fully saturated rings. The second-order valence-electron chi connectivity index (χ2n) is 3.04. The van der Waals surface area contributed by atoms with Crippen molar-refractivity contribution in [1.29, 1.82) is 0 Å². The van der Waals surface area contributed by atoms with Gasteiger partial charge in [-0.1, -0.05) is 30.3 Å². The third-order valence-electron chi connectivity index (χ3n) is 1.91. The van der Waals surface area contributed by atoms with Crippen molar-refractivity contribution in [2.24, 2.45) is 0 Å². The molecule has 3 heteroatoms. The molecule has 0 bridgehead atoms. The number of carbonyl (C=O) groups is 1. The molecule has 1 rings (SSSR count). The summed E-state index contributed by atoms with van der Waals surface area (Å²) in [6, 6.07) is 8.03. The van der Waals surface area contributed by atoms with E-state index in [1.807, 2.05) is 30.3 Å². The minimum atomic E-state index is -0.905. The molecule has 0 unspecified atom stereocenters. The van der Waals surface area contributed by atoms with E-state index < -0.39 is 9.76 Å². The van der Waals surface area contributed by atoms with Gasteiger partial charge in [0.25, 0.3) is 15.7 Å². The second-order valence-corrected chi connectivity index (χ2v) is 4.38. The van der Waals surface area contributed by atoms with Gasteiger partial charge >= 0.3 is 0 Å². The summed E-state index contributed by atoms with van der Waals surface area (Å²) >= 11 is 0. The highest BCUT2D eigenvalue weighted by molar-refractivity contribution is 6.49. The smallest absolute Gasteiger partial charge is 0.289 e. The van der Waals surface area contributed by atoms with Crippen LogP contribution in [0.5, 0.6) is 0 Å². The van der Waals surface area contributed by atoms with Crippen LogP contribution >= 0.6 is 0 Å². The zero-order valence-electron chi connectivity index (χ0n) is 8.32. The average Bonchev–Trinajstić information content (AvgIpc) is 2.17. The molecular weight excluding hydrogens is 192 g/mol. The summed E-state index contributed by atoms with van der Waals surface area (Å²) in [5, 5.41) is 1.18. The lowest BCUT2D eigenvalue weighted by atomic mass is 10.1. The minimum absolute atomic E-state index is 0.190. The maximum Gasteiger partial charge on any atom is 0.289 e. The standard InChI is InChI=1S/C11H14O2Si/c1-3-6-10-7-4-5-8-11(10)14-13-9(2)12/h3-5,7-8H,1,6,14H2,2H3. The van der Waals surface area contributed by atoms with Crippen molar-refractivity contribution in [2.75, 3.05) is 0 Å². The summed E-state index contributed by atoms with van der Waals surface area (Å²) in [5.41, 5.74) is 1.22. The van der Waals surface area contributed by atoms with Crippen LogP contribution in [0, 0.1) is 0 Å². The van der Waals surface area contributed by atoms with E-state index in [2.05, 4.69) is 6.58 Å². The molecular formula is C11H14O2Si. The van der Waals surface area contributed by atoms with E-state index in [4.69, 9.17) is 4.43 Å². The average molecular weight is 206 g/mol. The Labute approximate surface area is 86.5 Å². The van der Waals surface area contributed by atoms with Crippen LogP contribution in [0.2, 0.25) is 0 Å². The lowest BCUT2D eigenvalue weighted by Gasteiger charge is -2.06. The molecule has 2 nitrogen and oxygen atoms in total. The Morgan fingerprint density at radius 3 is 2.93 bits per heavy atom. The predicted octanol–water partition coefficient (Wildman–Crippen LogP) is 0.687. The van der Waals surface area contributed by atoms with E-state index in [-0.39, 0.29) is 5.97 Å². The number of carbonyl (C=O) groups excluding carboxylic acids is 1. The van der Waals surface area contributed by atoms with E-state index in [0.717, 1.165) is 6.42 Å². The van der Waals surface area contributed by atoms with Crippen LogP contribution in [0.25, 0.3) is 0 Å². The summed E-state index contributed by atoms with van der Waals surface area (Å²) in [6.45, 7) is 5.15. The summed E-state index contributed by atoms with van der Waals surface area (Å²) in [7, 11) is -0.905. The molecule has 0 N–H and O–H groups in total. The fraction of sp³-hybridized carbons (Fsp3) is 0.182. The summed E-state index contributed by atoms with van der Waals surface area (Å²) in [5.74, 6) is -0.190. The molecule has 0 atom stereocenters. The molecule has 0 radical (unpaired) electrons. The van der Waals surface area contributed by atoms with Crippen LogP contribution in [-0.2, 0) is 15.6 Å². The fourth-order valence-corrected chi connectivity index (χ4v) is 2.27. The molecule has 0 heterocycles. The number of hydrogen-bond acceptors (Lipinski definition) is 2. The van der Waals surface area contributed by atoms with Crippen molar-refractivity contribution in [3.8, 4) is 0 Å². The largest absolute Gasteiger partial charge is 0.521 e. The van der Waals surface area contributed by atoms with Gasteiger partial charge in [-0.15, -0.1) is 6.58 Å². The van der Waals surface area contributed by atoms with Gasteiger partial charge in [-0.05, 0) is 17.2 Å². The van der Waals surface area contributed by atoms with Gasteiger partial charge in [0, 0.05) is 6.92 Å². The third kappa shape index (κ3) is 3.18. The monoisotopic (exact) mass is 206 g/mol. The van der Waals surface area contributed by atoms with Crippen molar-refractivity contribution < 1.29 is 9.22 Å². The number of rotatable bonds is 4. The molecule has 0 spiro atoms. The Hall–Kier alpha value is -1.35. The van der Waals surface area contributed by atoms with E-state index in [0.29, 0.717) is 0 Å².